The molecule has 3 unspecified atom stereocenters. The van der Waals surface area contributed by atoms with E-state index in [1.807, 2.05) is 24.0 Å². The first-order valence-corrected chi connectivity index (χ1v) is 10.1. The molecule has 1 aromatic carbocycles. The Morgan fingerprint density at radius 2 is 2.00 bits per heavy atom. The number of pyridine rings is 1. The van der Waals surface area contributed by atoms with Gasteiger partial charge in [0.15, 0.2) is 5.17 Å². The van der Waals surface area contributed by atoms with Crippen LogP contribution in [-0.2, 0) is 6.54 Å². The molecule has 26 heavy (non-hydrogen) atoms. The van der Waals surface area contributed by atoms with Crippen LogP contribution in [-0.4, -0.2) is 31.4 Å². The number of aromatic nitrogens is 2. The highest BCUT2D eigenvalue weighted by Crippen LogP contribution is 2.49. The van der Waals surface area contributed by atoms with E-state index in [0.29, 0.717) is 5.25 Å². The number of rotatable bonds is 3. The van der Waals surface area contributed by atoms with Crippen molar-refractivity contribution in [2.24, 2.45) is 4.99 Å². The van der Waals surface area contributed by atoms with Crippen molar-refractivity contribution in [3.05, 3.63) is 66.1 Å². The second-order valence-corrected chi connectivity index (χ2v) is 8.43. The monoisotopic (exact) mass is 362 g/mol. The van der Waals surface area contributed by atoms with Gasteiger partial charge in [0.25, 0.3) is 0 Å². The van der Waals surface area contributed by atoms with Gasteiger partial charge < -0.3 is 9.47 Å². The van der Waals surface area contributed by atoms with Gasteiger partial charge in [-0.1, -0.05) is 43.0 Å². The molecule has 3 atom stereocenters. The predicted octanol–water partition coefficient (Wildman–Crippen LogP) is 4.65. The van der Waals surface area contributed by atoms with Crippen LogP contribution in [0.3, 0.4) is 0 Å². The summed E-state index contributed by atoms with van der Waals surface area (Å²) in [5, 5.41) is 3.09. The van der Waals surface area contributed by atoms with Gasteiger partial charge in [-0.05, 0) is 25.1 Å². The Bertz CT molecular complexity index is 978. The van der Waals surface area contributed by atoms with Gasteiger partial charge in [-0.3, -0.25) is 9.98 Å². The third-order valence-electron chi connectivity index (χ3n) is 5.36. The number of benzene rings is 1. The molecule has 0 radical (unpaired) electrons. The van der Waals surface area contributed by atoms with Crippen LogP contribution >= 0.6 is 11.8 Å². The SMILES string of the molecule is CCn1cc(C2C(c3ccccn3)N=C3SC(C)CN32)c2ccccc21. The molecule has 5 heteroatoms. The highest BCUT2D eigenvalue weighted by Gasteiger charge is 2.44. The smallest absolute Gasteiger partial charge is 0.160 e. The standard InChI is InChI=1S/C21H22N4S/c1-3-24-13-16(15-8-4-5-10-18(15)24)20-19(17-9-6-7-11-22-17)23-21-25(20)12-14(2)26-21/h4-11,13-14,19-20H,3,12H2,1-2H3. The fraction of sp³-hybridized carbons (Fsp3) is 0.333. The molecule has 0 spiro atoms. The van der Waals surface area contributed by atoms with E-state index in [9.17, 15) is 0 Å². The van der Waals surface area contributed by atoms with Gasteiger partial charge in [-0.15, -0.1) is 0 Å². The Hall–Kier alpha value is -2.27. The third-order valence-corrected chi connectivity index (χ3v) is 6.46. The number of thioether (sulfide) groups is 1. The first-order valence-electron chi connectivity index (χ1n) is 9.26. The number of aliphatic imine (C=N–C) groups is 1. The van der Waals surface area contributed by atoms with Crippen LogP contribution < -0.4 is 0 Å². The highest BCUT2D eigenvalue weighted by molar-refractivity contribution is 8.14. The number of para-hydroxylation sites is 1. The highest BCUT2D eigenvalue weighted by atomic mass is 32.2. The molecule has 0 N–H and O–H groups in total. The molecular formula is C21H22N4S. The topological polar surface area (TPSA) is 33.4 Å². The zero-order valence-corrected chi connectivity index (χ0v) is 15.9. The maximum absolute atomic E-state index is 5.10. The molecular weight excluding hydrogens is 340 g/mol. The molecule has 132 valence electrons. The second kappa shape index (κ2) is 6.16. The van der Waals surface area contributed by atoms with Crippen LogP contribution in [0.5, 0.6) is 0 Å². The number of hydrogen-bond acceptors (Lipinski definition) is 4. The van der Waals surface area contributed by atoms with Crippen LogP contribution in [0, 0.1) is 0 Å². The van der Waals surface area contributed by atoms with Crippen molar-refractivity contribution in [2.75, 3.05) is 6.54 Å². The third kappa shape index (κ3) is 2.37. The second-order valence-electron chi connectivity index (χ2n) is 7.02. The van der Waals surface area contributed by atoms with Gasteiger partial charge in [0.1, 0.15) is 6.04 Å². The summed E-state index contributed by atoms with van der Waals surface area (Å²) in [7, 11) is 0. The Balaban J connectivity index is 1.68. The summed E-state index contributed by atoms with van der Waals surface area (Å²) in [5.74, 6) is 0. The Kier molecular flexibility index (Phi) is 3.78. The molecule has 3 aromatic rings. The Labute approximate surface area is 157 Å². The summed E-state index contributed by atoms with van der Waals surface area (Å²) in [6.07, 6.45) is 4.21. The van der Waals surface area contributed by atoms with E-state index in [4.69, 9.17) is 4.99 Å². The number of fused-ring (bicyclic) bond motifs is 2. The van der Waals surface area contributed by atoms with Crippen LogP contribution in [0.1, 0.15) is 37.2 Å². The van der Waals surface area contributed by atoms with Crippen LogP contribution in [0.2, 0.25) is 0 Å². The van der Waals surface area contributed by atoms with Gasteiger partial charge in [0.2, 0.25) is 0 Å². The maximum Gasteiger partial charge on any atom is 0.160 e. The molecule has 4 nitrogen and oxygen atoms in total. The number of hydrogen-bond donors (Lipinski definition) is 0. The lowest BCUT2D eigenvalue weighted by Crippen LogP contribution is -2.28. The quantitative estimate of drug-likeness (QED) is 0.680. The molecule has 0 amide bonds. The summed E-state index contributed by atoms with van der Waals surface area (Å²) >= 11 is 1.89. The van der Waals surface area contributed by atoms with Crippen molar-refractivity contribution >= 4 is 27.8 Å². The van der Waals surface area contributed by atoms with E-state index in [0.717, 1.165) is 18.8 Å². The molecule has 0 bridgehead atoms. The Morgan fingerprint density at radius 3 is 2.81 bits per heavy atom. The number of amidine groups is 1. The van der Waals surface area contributed by atoms with Crippen LogP contribution in [0.4, 0.5) is 0 Å². The van der Waals surface area contributed by atoms with Crippen LogP contribution in [0.15, 0.2) is 59.9 Å². The summed E-state index contributed by atoms with van der Waals surface area (Å²) in [4.78, 5) is 12.2. The zero-order chi connectivity index (χ0) is 17.7. The fourth-order valence-corrected chi connectivity index (χ4v) is 5.32. The van der Waals surface area contributed by atoms with E-state index < -0.39 is 0 Å². The average Bonchev–Trinajstić information content (AvgIpc) is 3.32. The van der Waals surface area contributed by atoms with Crippen molar-refractivity contribution in [1.29, 1.82) is 0 Å². The minimum Gasteiger partial charge on any atom is -0.347 e. The van der Waals surface area contributed by atoms with Crippen molar-refractivity contribution in [3.63, 3.8) is 0 Å². The minimum atomic E-state index is 0.0577. The zero-order valence-electron chi connectivity index (χ0n) is 15.0. The van der Waals surface area contributed by atoms with Gasteiger partial charge in [0, 0.05) is 47.2 Å². The minimum absolute atomic E-state index is 0.0577. The summed E-state index contributed by atoms with van der Waals surface area (Å²) in [6.45, 7) is 6.51. The molecule has 5 rings (SSSR count). The number of aryl methyl sites for hydroxylation is 1. The first kappa shape index (κ1) is 15.9. The van der Waals surface area contributed by atoms with Crippen molar-refractivity contribution < 1.29 is 0 Å². The van der Waals surface area contributed by atoms with E-state index in [1.165, 1.54) is 21.6 Å². The maximum atomic E-state index is 5.10. The van der Waals surface area contributed by atoms with Crippen molar-refractivity contribution in [2.45, 2.75) is 37.7 Å². The molecule has 0 saturated carbocycles. The van der Waals surface area contributed by atoms with Crippen molar-refractivity contribution in [3.8, 4) is 0 Å². The molecule has 1 saturated heterocycles. The molecule has 2 aliphatic rings. The van der Waals surface area contributed by atoms with E-state index in [1.54, 1.807) is 0 Å². The molecule has 0 aliphatic carbocycles. The van der Waals surface area contributed by atoms with Crippen molar-refractivity contribution in [1.82, 2.24) is 14.5 Å². The summed E-state index contributed by atoms with van der Waals surface area (Å²) < 4.78 is 2.35. The predicted molar refractivity (Wildman–Crippen MR) is 109 cm³/mol. The van der Waals surface area contributed by atoms with E-state index in [-0.39, 0.29) is 12.1 Å². The largest absolute Gasteiger partial charge is 0.347 e. The summed E-state index contributed by atoms with van der Waals surface area (Å²) in [6, 6.07) is 15.1. The number of nitrogens with zero attached hydrogens (tertiary/aromatic N) is 4. The van der Waals surface area contributed by atoms with Gasteiger partial charge in [0.05, 0.1) is 11.7 Å². The van der Waals surface area contributed by atoms with Crippen LogP contribution in [0.25, 0.3) is 10.9 Å². The lowest BCUT2D eigenvalue weighted by molar-refractivity contribution is 0.323. The lowest BCUT2D eigenvalue weighted by Gasteiger charge is -2.26. The average molecular weight is 363 g/mol. The first-order chi connectivity index (χ1) is 12.8. The molecule has 2 aliphatic heterocycles. The van der Waals surface area contributed by atoms with Gasteiger partial charge >= 0.3 is 0 Å². The molecule has 4 heterocycles. The van der Waals surface area contributed by atoms with E-state index >= 15 is 0 Å². The Morgan fingerprint density at radius 1 is 1.15 bits per heavy atom. The lowest BCUT2D eigenvalue weighted by atomic mass is 9.96. The van der Waals surface area contributed by atoms with Gasteiger partial charge in [-0.25, -0.2) is 0 Å². The van der Waals surface area contributed by atoms with E-state index in [2.05, 4.69) is 70.9 Å². The fourth-order valence-electron chi connectivity index (χ4n) is 4.23. The molecule has 1 fully saturated rings. The van der Waals surface area contributed by atoms with Gasteiger partial charge in [-0.2, -0.15) is 0 Å². The molecule has 2 aromatic heterocycles. The normalized spacial score (nSPS) is 24.9. The summed E-state index contributed by atoms with van der Waals surface area (Å²) in [5.41, 5.74) is 3.73.